The molecule has 4 aliphatic heterocycles. The highest BCUT2D eigenvalue weighted by Crippen LogP contribution is 2.37. The Morgan fingerprint density at radius 2 is 1.73 bits per heavy atom. The number of nitrogens with zero attached hydrogens (tertiary/aromatic N) is 6. The van der Waals surface area contributed by atoms with Crippen LogP contribution in [-0.2, 0) is 20.8 Å². The molecular weight excluding hydrogens is 646 g/mol. The first-order chi connectivity index (χ1) is 25.0. The summed E-state index contributed by atoms with van der Waals surface area (Å²) in [4.78, 5) is 50.1. The lowest BCUT2D eigenvalue weighted by Gasteiger charge is -2.35. The molecule has 3 unspecified atom stereocenters. The number of morpholine rings is 2. The van der Waals surface area contributed by atoms with Crippen LogP contribution in [0.2, 0.25) is 0 Å². The van der Waals surface area contributed by atoms with Gasteiger partial charge in [0.25, 0.3) is 5.91 Å². The summed E-state index contributed by atoms with van der Waals surface area (Å²) in [5.74, 6) is 0.618. The van der Waals surface area contributed by atoms with Crippen LogP contribution in [0.15, 0.2) is 67.1 Å². The largest absolute Gasteiger partial charge is 0.379 e. The normalized spacial score (nSPS) is 22.6. The van der Waals surface area contributed by atoms with E-state index in [1.807, 2.05) is 36.4 Å². The number of carbonyl (C=O) groups excluding carboxylic acids is 2. The Morgan fingerprint density at radius 3 is 2.53 bits per heavy atom. The first-order valence-corrected chi connectivity index (χ1v) is 18.0. The van der Waals surface area contributed by atoms with Crippen LogP contribution in [0.1, 0.15) is 41.7 Å². The fraction of sp³-hybridized carbons (Fsp3) is 0.447. The molecule has 8 rings (SSSR count). The quantitative estimate of drug-likeness (QED) is 0.211. The Kier molecular flexibility index (Phi) is 9.76. The summed E-state index contributed by atoms with van der Waals surface area (Å²) in [6.45, 7) is 11.4. The average Bonchev–Trinajstić information content (AvgIpc) is 3.69. The Balaban J connectivity index is 0.866. The predicted molar refractivity (Wildman–Crippen MR) is 194 cm³/mol. The highest BCUT2D eigenvalue weighted by atomic mass is 16.5. The molecule has 1 aromatic carbocycles. The smallest absolute Gasteiger partial charge is 0.274 e. The van der Waals surface area contributed by atoms with E-state index in [0.717, 1.165) is 98.7 Å². The van der Waals surface area contributed by atoms with Crippen molar-refractivity contribution in [3.63, 3.8) is 0 Å². The van der Waals surface area contributed by atoms with Crippen molar-refractivity contribution in [3.05, 3.63) is 78.4 Å². The van der Waals surface area contributed by atoms with E-state index in [1.54, 1.807) is 12.5 Å². The predicted octanol–water partition coefficient (Wildman–Crippen LogP) is 3.61. The van der Waals surface area contributed by atoms with E-state index in [0.29, 0.717) is 55.3 Å². The van der Waals surface area contributed by atoms with E-state index in [1.165, 1.54) is 0 Å². The van der Waals surface area contributed by atoms with Gasteiger partial charge in [-0.05, 0) is 73.7 Å². The van der Waals surface area contributed by atoms with Crippen LogP contribution < -0.4 is 15.5 Å². The number of likely N-dealkylation sites (tertiary alicyclic amines) is 1. The molecule has 7 heterocycles. The van der Waals surface area contributed by atoms with Gasteiger partial charge in [-0.3, -0.25) is 24.4 Å². The topological polar surface area (TPSA) is 141 Å². The zero-order valence-corrected chi connectivity index (χ0v) is 28.9. The maximum Gasteiger partial charge on any atom is 0.274 e. The lowest BCUT2D eigenvalue weighted by Crippen LogP contribution is -2.48. The summed E-state index contributed by atoms with van der Waals surface area (Å²) >= 11 is 0. The maximum absolute atomic E-state index is 13.3. The van der Waals surface area contributed by atoms with E-state index in [2.05, 4.69) is 57.9 Å². The molecule has 51 heavy (non-hydrogen) atoms. The molecular formula is C38H45N9O4. The number of aromatic amines is 1. The summed E-state index contributed by atoms with van der Waals surface area (Å²) in [7, 11) is 0. The standard InChI is InChI=1S/C38H45N9O4/c1-25(19-45-13-15-50-16-14-45)37(48)43-29-3-2-12-46(21-29)20-26-10-11-39-34(17-26)38(49)42-28-6-4-27(5-7-28)33-18-32-35(44-33)40-24-41-36(32)47-30-8-9-31(47)23-51-22-30/h4-7,10-11,17-18,24,29-31H,1-3,8-9,12-16,19-23H2,(H,42,49)(H,43,48)(H,40,41,44). The van der Waals surface area contributed by atoms with Crippen LogP contribution in [-0.4, -0.2) is 119 Å². The van der Waals surface area contributed by atoms with Gasteiger partial charge in [-0.1, -0.05) is 18.7 Å². The van der Waals surface area contributed by atoms with Crippen LogP contribution >= 0.6 is 0 Å². The van der Waals surface area contributed by atoms with E-state index < -0.39 is 0 Å². The van der Waals surface area contributed by atoms with Gasteiger partial charge in [0.05, 0.1) is 43.9 Å². The van der Waals surface area contributed by atoms with Gasteiger partial charge in [-0.15, -0.1) is 0 Å². The minimum Gasteiger partial charge on any atom is -0.379 e. The molecule has 0 aliphatic carbocycles. The number of H-pyrrole nitrogens is 1. The first-order valence-electron chi connectivity index (χ1n) is 18.0. The molecule has 0 saturated carbocycles. The summed E-state index contributed by atoms with van der Waals surface area (Å²) in [6, 6.07) is 14.4. The first kappa shape index (κ1) is 33.5. The minimum atomic E-state index is -0.266. The number of rotatable bonds is 10. The third-order valence-corrected chi connectivity index (χ3v) is 10.5. The van der Waals surface area contributed by atoms with Crippen molar-refractivity contribution < 1.29 is 19.1 Å². The average molecular weight is 692 g/mol. The van der Waals surface area contributed by atoms with E-state index in [-0.39, 0.29) is 17.9 Å². The van der Waals surface area contributed by atoms with Gasteiger partial charge >= 0.3 is 0 Å². The van der Waals surface area contributed by atoms with Crippen molar-refractivity contribution >= 4 is 34.4 Å². The summed E-state index contributed by atoms with van der Waals surface area (Å²) in [6.07, 6.45) is 7.46. The molecule has 4 fully saturated rings. The van der Waals surface area contributed by atoms with Crippen LogP contribution in [0.5, 0.6) is 0 Å². The fourth-order valence-electron chi connectivity index (χ4n) is 7.85. The number of benzene rings is 1. The number of anilines is 2. The number of aromatic nitrogens is 4. The van der Waals surface area contributed by atoms with Crippen molar-refractivity contribution in [2.75, 3.05) is 69.4 Å². The van der Waals surface area contributed by atoms with Crippen molar-refractivity contribution in [2.24, 2.45) is 0 Å². The highest BCUT2D eigenvalue weighted by Gasteiger charge is 2.39. The van der Waals surface area contributed by atoms with Gasteiger partial charge in [0, 0.05) is 61.9 Å². The lowest BCUT2D eigenvalue weighted by molar-refractivity contribution is -0.118. The van der Waals surface area contributed by atoms with Crippen LogP contribution in [0.3, 0.4) is 0 Å². The molecule has 0 radical (unpaired) electrons. The molecule has 266 valence electrons. The molecule has 3 atom stereocenters. The lowest BCUT2D eigenvalue weighted by atomic mass is 10.0. The Bertz CT molecular complexity index is 1870. The summed E-state index contributed by atoms with van der Waals surface area (Å²) < 4.78 is 11.2. The third-order valence-electron chi connectivity index (χ3n) is 10.5. The minimum absolute atomic E-state index is 0.0551. The Labute approximate surface area is 297 Å². The maximum atomic E-state index is 13.3. The summed E-state index contributed by atoms with van der Waals surface area (Å²) in [5, 5.41) is 7.20. The van der Waals surface area contributed by atoms with Crippen LogP contribution in [0, 0.1) is 0 Å². The number of pyridine rings is 1. The van der Waals surface area contributed by atoms with E-state index >= 15 is 0 Å². The Hall–Kier alpha value is -4.69. The van der Waals surface area contributed by atoms with Gasteiger partial charge in [0.2, 0.25) is 5.91 Å². The zero-order chi connectivity index (χ0) is 34.7. The molecule has 2 bridgehead atoms. The van der Waals surface area contributed by atoms with Crippen molar-refractivity contribution in [3.8, 4) is 11.3 Å². The second-order valence-electron chi connectivity index (χ2n) is 14.1. The van der Waals surface area contributed by atoms with Crippen LogP contribution in [0.4, 0.5) is 11.5 Å². The Morgan fingerprint density at radius 1 is 0.922 bits per heavy atom. The number of amides is 2. The molecule has 4 aliphatic rings. The van der Waals surface area contributed by atoms with Gasteiger partial charge in [0.1, 0.15) is 23.5 Å². The van der Waals surface area contributed by atoms with E-state index in [9.17, 15) is 9.59 Å². The van der Waals surface area contributed by atoms with E-state index in [4.69, 9.17) is 9.47 Å². The molecule has 0 spiro atoms. The number of ether oxygens (including phenoxy) is 2. The zero-order valence-electron chi connectivity index (χ0n) is 28.9. The molecule has 3 aromatic heterocycles. The third kappa shape index (κ3) is 7.52. The molecule has 13 nitrogen and oxygen atoms in total. The number of hydrogen-bond donors (Lipinski definition) is 3. The fourth-order valence-corrected chi connectivity index (χ4v) is 7.85. The number of hydrogen-bond acceptors (Lipinski definition) is 10. The number of carbonyl (C=O) groups is 2. The molecule has 4 aromatic rings. The molecule has 2 amide bonds. The van der Waals surface area contributed by atoms with Crippen molar-refractivity contribution in [1.29, 1.82) is 0 Å². The number of nitrogens with one attached hydrogen (secondary N) is 3. The second-order valence-corrected chi connectivity index (χ2v) is 14.1. The second kappa shape index (κ2) is 14.9. The van der Waals surface area contributed by atoms with Gasteiger partial charge in [-0.25, -0.2) is 9.97 Å². The van der Waals surface area contributed by atoms with Crippen LogP contribution in [0.25, 0.3) is 22.3 Å². The highest BCUT2D eigenvalue weighted by molar-refractivity contribution is 6.03. The van der Waals surface area contributed by atoms with Crippen molar-refractivity contribution in [1.82, 2.24) is 35.1 Å². The molecule has 3 N–H and O–H groups in total. The number of fused-ring (bicyclic) bond motifs is 3. The monoisotopic (exact) mass is 691 g/mol. The summed E-state index contributed by atoms with van der Waals surface area (Å²) in [5.41, 5.74) is 5.36. The molecule has 4 saturated heterocycles. The van der Waals surface area contributed by atoms with Gasteiger partial charge < -0.3 is 30.0 Å². The van der Waals surface area contributed by atoms with Gasteiger partial charge in [-0.2, -0.15) is 0 Å². The SMILES string of the molecule is C=C(CN1CCOCC1)C(=O)NC1CCCN(Cc2ccnc(C(=O)Nc3ccc(-c4cc5c(N6C7CCC6COC7)ncnc5[nH]4)cc3)c2)C1. The molecule has 13 heteroatoms. The van der Waals surface area contributed by atoms with Crippen molar-refractivity contribution in [2.45, 2.75) is 50.4 Å². The van der Waals surface area contributed by atoms with Gasteiger partial charge in [0.15, 0.2) is 0 Å². The number of piperidine rings is 1.